The summed E-state index contributed by atoms with van der Waals surface area (Å²) in [5, 5.41) is 0. The Bertz CT molecular complexity index is 1580. The lowest BCUT2D eigenvalue weighted by atomic mass is 9.93. The fourth-order valence-corrected chi connectivity index (χ4v) is 4.91. The third kappa shape index (κ3) is 9.54. The first-order chi connectivity index (χ1) is 19.5. The second-order valence-electron chi connectivity index (χ2n) is 11.8. The standard InChI is InChI=1S/C27H32O3S.C7H8O3S/c1-26(2,3)29-20-12-8-18(9-13-20)24-22(28-7)16-17-23(31)25(24)19-10-14-21(15-11-19)30-27(4,5)6;1-6-2-4-7(5-3-6)11(8,9)10/h8-17,31H,1-7H3;2-5H,1H3,(H,8,9,10). The molecular weight excluding hydrogens is 569 g/mol. The van der Waals surface area contributed by atoms with E-state index in [9.17, 15) is 8.42 Å². The number of benzene rings is 4. The molecule has 0 bridgehead atoms. The Balaban J connectivity index is 0.000000369. The molecule has 0 fully saturated rings. The zero-order chi connectivity index (χ0) is 31.3. The summed E-state index contributed by atoms with van der Waals surface area (Å²) in [6.45, 7) is 14.1. The predicted molar refractivity (Wildman–Crippen MR) is 173 cm³/mol. The summed E-state index contributed by atoms with van der Waals surface area (Å²) in [4.78, 5) is 0.818. The van der Waals surface area contributed by atoms with Gasteiger partial charge in [-0.25, -0.2) is 0 Å². The van der Waals surface area contributed by atoms with Gasteiger partial charge < -0.3 is 14.2 Å². The van der Waals surface area contributed by atoms with Gasteiger partial charge in [0.25, 0.3) is 10.1 Å². The first-order valence-corrected chi connectivity index (χ1v) is 15.4. The number of methoxy groups -OCH3 is 1. The lowest BCUT2D eigenvalue weighted by molar-refractivity contribution is 0.130. The summed E-state index contributed by atoms with van der Waals surface area (Å²) in [5.74, 6) is 2.47. The van der Waals surface area contributed by atoms with Crippen LogP contribution in [0, 0.1) is 6.92 Å². The molecule has 0 heterocycles. The lowest BCUT2D eigenvalue weighted by Gasteiger charge is -2.22. The Morgan fingerprint density at radius 2 is 1.07 bits per heavy atom. The van der Waals surface area contributed by atoms with Crippen LogP contribution in [0.4, 0.5) is 0 Å². The van der Waals surface area contributed by atoms with Gasteiger partial charge in [0, 0.05) is 16.0 Å². The molecule has 6 nitrogen and oxygen atoms in total. The molecule has 4 aromatic rings. The average Bonchev–Trinajstić information content (AvgIpc) is 2.88. The number of hydrogen-bond donors (Lipinski definition) is 2. The highest BCUT2D eigenvalue weighted by atomic mass is 32.2. The van der Waals surface area contributed by atoms with E-state index in [4.69, 9.17) is 31.4 Å². The van der Waals surface area contributed by atoms with Gasteiger partial charge in [-0.05, 0) is 108 Å². The van der Waals surface area contributed by atoms with Crippen LogP contribution in [0.3, 0.4) is 0 Å². The monoisotopic (exact) mass is 608 g/mol. The molecule has 0 aliphatic rings. The number of ether oxygens (including phenoxy) is 3. The molecule has 0 radical (unpaired) electrons. The minimum atomic E-state index is -4.02. The van der Waals surface area contributed by atoms with Crippen LogP contribution >= 0.6 is 12.6 Å². The Hall–Kier alpha value is -3.46. The third-order valence-corrected chi connectivity index (χ3v) is 7.06. The fourth-order valence-electron chi connectivity index (χ4n) is 4.12. The van der Waals surface area contributed by atoms with Crippen LogP contribution in [-0.4, -0.2) is 31.3 Å². The van der Waals surface area contributed by atoms with E-state index in [1.165, 1.54) is 12.1 Å². The molecule has 224 valence electrons. The third-order valence-electron chi connectivity index (χ3n) is 5.82. The minimum Gasteiger partial charge on any atom is -0.496 e. The molecule has 4 rings (SSSR count). The molecule has 4 aromatic carbocycles. The van der Waals surface area contributed by atoms with Crippen molar-refractivity contribution in [3.63, 3.8) is 0 Å². The van der Waals surface area contributed by atoms with Gasteiger partial charge in [-0.2, -0.15) is 8.42 Å². The maximum Gasteiger partial charge on any atom is 0.294 e. The summed E-state index contributed by atoms with van der Waals surface area (Å²) in [5.41, 5.74) is 4.59. The van der Waals surface area contributed by atoms with Crippen LogP contribution < -0.4 is 14.2 Å². The van der Waals surface area contributed by atoms with Crippen LogP contribution in [0.2, 0.25) is 0 Å². The van der Waals surface area contributed by atoms with Gasteiger partial charge in [0.05, 0.1) is 12.0 Å². The van der Waals surface area contributed by atoms with Crippen molar-refractivity contribution in [3.05, 3.63) is 90.5 Å². The Kier molecular flexibility index (Phi) is 10.4. The van der Waals surface area contributed by atoms with Gasteiger partial charge in [-0.3, -0.25) is 4.55 Å². The fraction of sp³-hybridized carbons (Fsp3) is 0.294. The molecule has 0 saturated carbocycles. The Morgan fingerprint density at radius 3 is 1.45 bits per heavy atom. The number of rotatable bonds is 6. The summed E-state index contributed by atoms with van der Waals surface area (Å²) in [7, 11) is -2.33. The molecule has 0 aliphatic carbocycles. The van der Waals surface area contributed by atoms with Crippen molar-refractivity contribution in [3.8, 4) is 39.5 Å². The molecule has 0 unspecified atom stereocenters. The molecule has 42 heavy (non-hydrogen) atoms. The molecule has 1 N–H and O–H groups in total. The van der Waals surface area contributed by atoms with Crippen molar-refractivity contribution < 1.29 is 27.2 Å². The van der Waals surface area contributed by atoms with E-state index in [2.05, 4.69) is 24.3 Å². The Morgan fingerprint density at radius 1 is 0.643 bits per heavy atom. The summed E-state index contributed by atoms with van der Waals surface area (Å²) in [6, 6.07) is 26.2. The van der Waals surface area contributed by atoms with Crippen LogP contribution in [0.25, 0.3) is 22.3 Å². The van der Waals surface area contributed by atoms with Crippen LogP contribution in [0.15, 0.2) is 94.7 Å². The van der Waals surface area contributed by atoms with Crippen molar-refractivity contribution in [2.75, 3.05) is 7.11 Å². The maximum atomic E-state index is 10.5. The van der Waals surface area contributed by atoms with Gasteiger partial charge in [-0.15, -0.1) is 12.6 Å². The van der Waals surface area contributed by atoms with E-state index in [0.717, 1.165) is 50.0 Å². The molecule has 0 spiro atoms. The molecule has 0 aliphatic heterocycles. The van der Waals surface area contributed by atoms with Gasteiger partial charge in [0.2, 0.25) is 0 Å². The lowest BCUT2D eigenvalue weighted by Crippen LogP contribution is -2.22. The zero-order valence-corrected chi connectivity index (χ0v) is 27.1. The number of aryl methyl sites for hydroxylation is 1. The van der Waals surface area contributed by atoms with E-state index in [-0.39, 0.29) is 16.1 Å². The second-order valence-corrected chi connectivity index (χ2v) is 13.7. The number of hydrogen-bond acceptors (Lipinski definition) is 6. The highest BCUT2D eigenvalue weighted by Gasteiger charge is 2.18. The van der Waals surface area contributed by atoms with Gasteiger partial charge in [0.15, 0.2) is 0 Å². The summed E-state index contributed by atoms with van der Waals surface area (Å²) >= 11 is 4.78. The molecular formula is C34H40O6S2. The van der Waals surface area contributed by atoms with E-state index < -0.39 is 10.1 Å². The average molecular weight is 609 g/mol. The highest BCUT2D eigenvalue weighted by Crippen LogP contribution is 2.43. The summed E-state index contributed by atoms with van der Waals surface area (Å²) < 4.78 is 47.2. The van der Waals surface area contributed by atoms with Gasteiger partial charge in [0.1, 0.15) is 28.5 Å². The van der Waals surface area contributed by atoms with E-state index >= 15 is 0 Å². The normalized spacial score (nSPS) is 11.8. The van der Waals surface area contributed by atoms with Crippen LogP contribution in [0.5, 0.6) is 17.2 Å². The first-order valence-electron chi connectivity index (χ1n) is 13.5. The SMILES string of the molecule is COc1ccc(S)c(-c2ccc(OC(C)(C)C)cc2)c1-c1ccc(OC(C)(C)C)cc1.Cc1ccc(S(=O)(=O)O)cc1. The summed E-state index contributed by atoms with van der Waals surface area (Å²) in [6.07, 6.45) is 0. The zero-order valence-electron chi connectivity index (χ0n) is 25.4. The Labute approximate surface area is 255 Å². The molecule has 0 aromatic heterocycles. The quantitative estimate of drug-likeness (QED) is 0.168. The van der Waals surface area contributed by atoms with Crippen LogP contribution in [-0.2, 0) is 10.1 Å². The van der Waals surface area contributed by atoms with Crippen molar-refractivity contribution in [2.24, 2.45) is 0 Å². The largest absolute Gasteiger partial charge is 0.496 e. The molecule has 8 heteroatoms. The van der Waals surface area contributed by atoms with E-state index in [1.54, 1.807) is 19.2 Å². The maximum absolute atomic E-state index is 10.5. The van der Waals surface area contributed by atoms with E-state index in [0.29, 0.717) is 0 Å². The van der Waals surface area contributed by atoms with Crippen molar-refractivity contribution >= 4 is 22.7 Å². The van der Waals surface area contributed by atoms with Gasteiger partial charge in [-0.1, -0.05) is 42.0 Å². The van der Waals surface area contributed by atoms with Crippen LogP contribution in [0.1, 0.15) is 47.1 Å². The first kappa shape index (κ1) is 33.0. The predicted octanol–water partition coefficient (Wildman–Crippen LogP) is 8.91. The molecule has 0 atom stereocenters. The second kappa shape index (κ2) is 13.2. The minimum absolute atomic E-state index is 0.0666. The van der Waals surface area contributed by atoms with E-state index in [1.807, 2.05) is 84.9 Å². The highest BCUT2D eigenvalue weighted by molar-refractivity contribution is 7.85. The smallest absolute Gasteiger partial charge is 0.294 e. The number of thiol groups is 1. The van der Waals surface area contributed by atoms with Crippen molar-refractivity contribution in [2.45, 2.75) is 69.5 Å². The van der Waals surface area contributed by atoms with Crippen molar-refractivity contribution in [1.29, 1.82) is 0 Å². The van der Waals surface area contributed by atoms with Crippen molar-refractivity contribution in [1.82, 2.24) is 0 Å². The van der Waals surface area contributed by atoms with Gasteiger partial charge >= 0.3 is 0 Å². The molecule has 0 saturated heterocycles. The molecule has 0 amide bonds. The topological polar surface area (TPSA) is 82.1 Å².